The van der Waals surface area contributed by atoms with E-state index in [0.29, 0.717) is 32.5 Å². The van der Waals surface area contributed by atoms with Gasteiger partial charge in [0.2, 0.25) is 5.91 Å². The van der Waals surface area contributed by atoms with Gasteiger partial charge in [-0.3, -0.25) is 9.59 Å². The van der Waals surface area contributed by atoms with Crippen molar-refractivity contribution in [2.45, 2.75) is 45.6 Å². The van der Waals surface area contributed by atoms with Gasteiger partial charge in [-0.15, -0.1) is 0 Å². The van der Waals surface area contributed by atoms with Gasteiger partial charge in [-0.05, 0) is 43.4 Å². The Morgan fingerprint density at radius 2 is 2.07 bits per heavy atom. The number of hydrogen-bond acceptors (Lipinski definition) is 4. The van der Waals surface area contributed by atoms with Crippen molar-refractivity contribution in [2.24, 2.45) is 0 Å². The Labute approximate surface area is 159 Å². The molecular formula is C21H24N4O2. The molecule has 0 fully saturated rings. The van der Waals surface area contributed by atoms with E-state index in [1.165, 1.54) is 11.3 Å². The Morgan fingerprint density at radius 3 is 2.93 bits per heavy atom. The van der Waals surface area contributed by atoms with Crippen LogP contribution in [0.2, 0.25) is 0 Å². The predicted molar refractivity (Wildman–Crippen MR) is 101 cm³/mol. The van der Waals surface area contributed by atoms with Crippen LogP contribution in [0, 0.1) is 6.92 Å². The first kappa shape index (κ1) is 17.6. The van der Waals surface area contributed by atoms with Crippen molar-refractivity contribution in [3.8, 4) is 0 Å². The second-order valence-corrected chi connectivity index (χ2v) is 7.24. The molecule has 2 aromatic rings. The lowest BCUT2D eigenvalue weighted by Crippen LogP contribution is -2.32. The van der Waals surface area contributed by atoms with Crippen molar-refractivity contribution in [2.75, 3.05) is 13.1 Å². The molecule has 1 aliphatic carbocycles. The normalized spacial score (nSPS) is 15.0. The smallest absolute Gasteiger partial charge is 0.254 e. The number of carbonyl (C=O) groups is 2. The van der Waals surface area contributed by atoms with E-state index in [-0.39, 0.29) is 11.8 Å². The van der Waals surface area contributed by atoms with Gasteiger partial charge in [-0.25, -0.2) is 9.97 Å². The van der Waals surface area contributed by atoms with Gasteiger partial charge in [0.25, 0.3) is 5.91 Å². The fraction of sp³-hybridized carbons (Fsp3) is 0.429. The molecule has 1 aromatic heterocycles. The highest BCUT2D eigenvalue weighted by atomic mass is 16.2. The highest BCUT2D eigenvalue weighted by molar-refractivity contribution is 5.98. The molecule has 0 bridgehead atoms. The SMILES string of the molecule is Cc1nc(CCNC(=O)CCN2Cc3ccccc3C2=O)nc2c1CCC2. The molecule has 1 aliphatic heterocycles. The number of rotatable bonds is 6. The van der Waals surface area contributed by atoms with Crippen LogP contribution >= 0.6 is 0 Å². The number of amides is 2. The van der Waals surface area contributed by atoms with Crippen LogP contribution in [0.4, 0.5) is 0 Å². The molecule has 1 aromatic carbocycles. The maximum Gasteiger partial charge on any atom is 0.254 e. The number of aryl methyl sites for hydroxylation is 2. The number of benzene rings is 1. The van der Waals surface area contributed by atoms with Crippen LogP contribution < -0.4 is 5.32 Å². The molecule has 6 nitrogen and oxygen atoms in total. The molecule has 2 aliphatic rings. The van der Waals surface area contributed by atoms with Crippen LogP contribution in [0.5, 0.6) is 0 Å². The lowest BCUT2D eigenvalue weighted by atomic mass is 10.1. The molecule has 0 saturated carbocycles. The number of nitrogens with one attached hydrogen (secondary N) is 1. The van der Waals surface area contributed by atoms with Crippen LogP contribution in [0.25, 0.3) is 0 Å². The molecule has 2 amide bonds. The molecule has 140 valence electrons. The summed E-state index contributed by atoms with van der Waals surface area (Å²) in [6.07, 6.45) is 4.21. The molecule has 0 saturated heterocycles. The average molecular weight is 364 g/mol. The summed E-state index contributed by atoms with van der Waals surface area (Å²) >= 11 is 0. The summed E-state index contributed by atoms with van der Waals surface area (Å²) in [4.78, 5) is 35.4. The molecule has 4 rings (SSSR count). The summed E-state index contributed by atoms with van der Waals surface area (Å²) in [5.41, 5.74) is 5.34. The van der Waals surface area contributed by atoms with E-state index in [1.807, 2.05) is 31.2 Å². The second-order valence-electron chi connectivity index (χ2n) is 7.24. The average Bonchev–Trinajstić information content (AvgIpc) is 3.25. The Morgan fingerprint density at radius 1 is 1.22 bits per heavy atom. The van der Waals surface area contributed by atoms with Gasteiger partial charge in [-0.2, -0.15) is 0 Å². The zero-order chi connectivity index (χ0) is 18.8. The zero-order valence-electron chi connectivity index (χ0n) is 15.6. The van der Waals surface area contributed by atoms with Crippen LogP contribution in [-0.2, 0) is 30.6 Å². The number of hydrogen-bond donors (Lipinski definition) is 1. The van der Waals surface area contributed by atoms with Gasteiger partial charge in [0, 0.05) is 49.4 Å². The molecule has 27 heavy (non-hydrogen) atoms. The standard InChI is InChI=1S/C21H24N4O2/c1-14-16-7-4-8-18(16)24-19(23-14)9-11-22-20(26)10-12-25-13-15-5-2-3-6-17(15)21(25)27/h2-3,5-6H,4,7-13H2,1H3,(H,22,26). The quantitative estimate of drug-likeness (QED) is 0.850. The molecule has 0 atom stereocenters. The van der Waals surface area contributed by atoms with E-state index in [9.17, 15) is 9.59 Å². The third-order valence-electron chi connectivity index (χ3n) is 5.36. The fourth-order valence-corrected chi connectivity index (χ4v) is 3.93. The summed E-state index contributed by atoms with van der Waals surface area (Å²) < 4.78 is 0. The van der Waals surface area contributed by atoms with Gasteiger partial charge in [-0.1, -0.05) is 18.2 Å². The molecule has 0 radical (unpaired) electrons. The van der Waals surface area contributed by atoms with Crippen LogP contribution in [0.3, 0.4) is 0 Å². The fourth-order valence-electron chi connectivity index (χ4n) is 3.93. The Kier molecular flexibility index (Phi) is 4.88. The minimum atomic E-state index is -0.0448. The van der Waals surface area contributed by atoms with E-state index >= 15 is 0 Å². The predicted octanol–water partition coefficient (Wildman–Crippen LogP) is 1.98. The van der Waals surface area contributed by atoms with Crippen LogP contribution in [0.15, 0.2) is 24.3 Å². The lowest BCUT2D eigenvalue weighted by molar-refractivity contribution is -0.121. The zero-order valence-corrected chi connectivity index (χ0v) is 15.6. The Bertz CT molecular complexity index is 894. The minimum absolute atomic E-state index is 0.0143. The third-order valence-corrected chi connectivity index (χ3v) is 5.36. The number of nitrogens with zero attached hydrogens (tertiary/aromatic N) is 3. The van der Waals surface area contributed by atoms with Gasteiger partial charge in [0.15, 0.2) is 0 Å². The highest BCUT2D eigenvalue weighted by Crippen LogP contribution is 2.23. The van der Waals surface area contributed by atoms with Crippen molar-refractivity contribution in [1.82, 2.24) is 20.2 Å². The summed E-state index contributed by atoms with van der Waals surface area (Å²) in [6.45, 7) is 3.59. The second kappa shape index (κ2) is 7.47. The summed E-state index contributed by atoms with van der Waals surface area (Å²) in [5, 5.41) is 2.92. The van der Waals surface area contributed by atoms with E-state index in [1.54, 1.807) is 4.90 Å². The van der Waals surface area contributed by atoms with Crippen molar-refractivity contribution in [1.29, 1.82) is 0 Å². The summed E-state index contributed by atoms with van der Waals surface area (Å²) in [6, 6.07) is 7.61. The molecule has 6 heteroatoms. The molecule has 2 heterocycles. The maximum absolute atomic E-state index is 12.3. The van der Waals surface area contributed by atoms with Crippen molar-refractivity contribution >= 4 is 11.8 Å². The van der Waals surface area contributed by atoms with Crippen LogP contribution in [0.1, 0.15) is 51.5 Å². The highest BCUT2D eigenvalue weighted by Gasteiger charge is 2.26. The summed E-state index contributed by atoms with van der Waals surface area (Å²) in [5.74, 6) is 0.774. The molecule has 0 spiro atoms. The number of carbonyl (C=O) groups excluding carboxylic acids is 2. The van der Waals surface area contributed by atoms with E-state index < -0.39 is 0 Å². The number of fused-ring (bicyclic) bond motifs is 2. The molecular weight excluding hydrogens is 340 g/mol. The first-order chi connectivity index (χ1) is 13.1. The monoisotopic (exact) mass is 364 g/mol. The lowest BCUT2D eigenvalue weighted by Gasteiger charge is -2.15. The van der Waals surface area contributed by atoms with Crippen molar-refractivity contribution < 1.29 is 9.59 Å². The van der Waals surface area contributed by atoms with E-state index in [2.05, 4.69) is 15.3 Å². The first-order valence-electron chi connectivity index (χ1n) is 9.61. The third kappa shape index (κ3) is 3.70. The minimum Gasteiger partial charge on any atom is -0.356 e. The Balaban J connectivity index is 1.23. The largest absolute Gasteiger partial charge is 0.356 e. The van der Waals surface area contributed by atoms with Gasteiger partial charge < -0.3 is 10.2 Å². The van der Waals surface area contributed by atoms with Crippen molar-refractivity contribution in [3.63, 3.8) is 0 Å². The summed E-state index contributed by atoms with van der Waals surface area (Å²) in [7, 11) is 0. The van der Waals surface area contributed by atoms with E-state index in [4.69, 9.17) is 0 Å². The maximum atomic E-state index is 12.3. The van der Waals surface area contributed by atoms with Crippen LogP contribution in [-0.4, -0.2) is 39.8 Å². The van der Waals surface area contributed by atoms with E-state index in [0.717, 1.165) is 41.9 Å². The Hall–Kier alpha value is -2.76. The van der Waals surface area contributed by atoms with Crippen molar-refractivity contribution in [3.05, 3.63) is 58.2 Å². The van der Waals surface area contributed by atoms with Gasteiger partial charge in [0.05, 0.1) is 0 Å². The molecule has 1 N–H and O–H groups in total. The van der Waals surface area contributed by atoms with Gasteiger partial charge in [0.1, 0.15) is 5.82 Å². The number of aromatic nitrogens is 2. The first-order valence-corrected chi connectivity index (χ1v) is 9.61. The molecule has 0 unspecified atom stereocenters. The topological polar surface area (TPSA) is 75.2 Å². The van der Waals surface area contributed by atoms with Gasteiger partial charge >= 0.3 is 0 Å².